The van der Waals surface area contributed by atoms with Crippen LogP contribution in [0.4, 0.5) is 17.5 Å². The number of amides is 2. The first-order valence-corrected chi connectivity index (χ1v) is 24.9. The van der Waals surface area contributed by atoms with Crippen molar-refractivity contribution in [3.8, 4) is 5.75 Å². The molecule has 2 saturated heterocycles. The van der Waals surface area contributed by atoms with Crippen LogP contribution >= 0.6 is 11.6 Å². The maximum atomic E-state index is 13.6. The molecule has 70 heavy (non-hydrogen) atoms. The second-order valence-electron chi connectivity index (χ2n) is 19.3. The number of anilines is 3. The number of ether oxygens (including phenoxy) is 1. The molecule has 17 heteroatoms. The predicted molar refractivity (Wildman–Crippen MR) is 272 cm³/mol. The molecule has 5 aliphatic rings. The number of aromatic nitrogens is 5. The lowest BCUT2D eigenvalue weighted by Gasteiger charge is -2.39. The normalized spacial score (nSPS) is 19.4. The lowest BCUT2D eigenvalue weighted by molar-refractivity contribution is -0.125. The van der Waals surface area contributed by atoms with Gasteiger partial charge in [0.2, 0.25) is 17.8 Å². The van der Waals surface area contributed by atoms with E-state index in [-0.39, 0.29) is 47.7 Å². The first-order chi connectivity index (χ1) is 33.7. The van der Waals surface area contributed by atoms with E-state index in [1.807, 2.05) is 70.2 Å². The molecule has 2 aliphatic carbocycles. The van der Waals surface area contributed by atoms with Crippen molar-refractivity contribution < 1.29 is 23.9 Å². The van der Waals surface area contributed by atoms with Crippen LogP contribution in [-0.2, 0) is 19.2 Å². The van der Waals surface area contributed by atoms with Gasteiger partial charge < -0.3 is 25.6 Å². The molecule has 2 aromatic heterocycles. The number of aliphatic imine (C=N–C) groups is 1. The third kappa shape index (κ3) is 9.93. The number of aryl methyl sites for hydroxylation is 2. The largest absolute Gasteiger partial charge is 0.496 e. The summed E-state index contributed by atoms with van der Waals surface area (Å²) in [6, 6.07) is 11.0. The number of nitrogens with zero attached hydrogens (tertiary/aromatic N) is 8. The SMILES string of the molecule is CCC(=O)CCC1=Cc2cc(Nc3nc(N4CCC(C(=O)NCCN5CC(NC(=O)CC6N=C(c7ccc(Cl)cc7)C7=C(CC(C)=C7C)n7c(C)nnc76)C5)CC4)ncc3C)cc(OC)c2C(C)C1=O. The van der Waals surface area contributed by atoms with Gasteiger partial charge >= 0.3 is 0 Å². The summed E-state index contributed by atoms with van der Waals surface area (Å²) in [5, 5.41) is 19.5. The molecule has 2 aromatic carbocycles. The van der Waals surface area contributed by atoms with E-state index in [4.69, 9.17) is 26.3 Å². The third-order valence-corrected chi connectivity index (χ3v) is 14.8. The molecule has 0 radical (unpaired) electrons. The second kappa shape index (κ2) is 20.4. The molecule has 3 aliphatic heterocycles. The van der Waals surface area contributed by atoms with Crippen LogP contribution in [0, 0.1) is 19.8 Å². The topological polar surface area (TPSA) is 189 Å². The monoisotopic (exact) mass is 967 g/mol. The molecule has 2 fully saturated rings. The Hall–Kier alpha value is -6.52. The van der Waals surface area contributed by atoms with Gasteiger partial charge in [0.1, 0.15) is 29.2 Å². The number of hydrogen-bond donors (Lipinski definition) is 3. The summed E-state index contributed by atoms with van der Waals surface area (Å²) in [5.74, 6) is 2.90. The number of rotatable bonds is 16. The lowest BCUT2D eigenvalue weighted by atomic mass is 9.80. The second-order valence-corrected chi connectivity index (χ2v) is 19.7. The Kier molecular flexibility index (Phi) is 14.2. The summed E-state index contributed by atoms with van der Waals surface area (Å²) < 4.78 is 7.87. The average Bonchev–Trinajstić information content (AvgIpc) is 3.82. The van der Waals surface area contributed by atoms with Gasteiger partial charge in [-0.05, 0) is 87.9 Å². The van der Waals surface area contributed by atoms with Crippen LogP contribution < -0.4 is 25.6 Å². The van der Waals surface area contributed by atoms with E-state index >= 15 is 0 Å². The maximum Gasteiger partial charge on any atom is 0.227 e. The molecule has 4 aromatic rings. The van der Waals surface area contributed by atoms with Crippen LogP contribution in [0.1, 0.15) is 119 Å². The summed E-state index contributed by atoms with van der Waals surface area (Å²) in [5.41, 5.74) is 10.4. The fraction of sp³-hybridized carbons (Fsp3) is 0.453. The zero-order valence-electron chi connectivity index (χ0n) is 41.1. The third-order valence-electron chi connectivity index (χ3n) is 14.5. The van der Waals surface area contributed by atoms with Gasteiger partial charge in [0.05, 0.1) is 25.3 Å². The average molecular weight is 969 g/mol. The molecule has 9 rings (SSSR count). The molecular weight excluding hydrogens is 906 g/mol. The number of nitrogens with one attached hydrogen (secondary N) is 3. The van der Waals surface area contributed by atoms with Crippen LogP contribution in [0.25, 0.3) is 11.8 Å². The number of Topliss-reactive ketones (excluding diaryl/α,β-unsaturated/α-hetero) is 2. The molecular formula is C53H62ClN11O5. The van der Waals surface area contributed by atoms with Crippen molar-refractivity contribution in [2.75, 3.05) is 56.6 Å². The van der Waals surface area contributed by atoms with Crippen LogP contribution in [0.2, 0.25) is 5.02 Å². The maximum absolute atomic E-state index is 13.6. The van der Waals surface area contributed by atoms with E-state index < -0.39 is 6.04 Å². The first kappa shape index (κ1) is 48.5. The van der Waals surface area contributed by atoms with Gasteiger partial charge in [-0.15, -0.1) is 10.2 Å². The molecule has 0 spiro atoms. The van der Waals surface area contributed by atoms with Crippen molar-refractivity contribution in [2.24, 2.45) is 10.9 Å². The van der Waals surface area contributed by atoms with Crippen molar-refractivity contribution >= 4 is 69.9 Å². The Morgan fingerprint density at radius 1 is 1.00 bits per heavy atom. The fourth-order valence-corrected chi connectivity index (χ4v) is 10.5. The minimum absolute atomic E-state index is 0.00406. The number of ketones is 2. The highest BCUT2D eigenvalue weighted by Crippen LogP contribution is 2.43. The fourth-order valence-electron chi connectivity index (χ4n) is 10.3. The number of carbonyl (C=O) groups excluding carboxylic acids is 4. The zero-order chi connectivity index (χ0) is 49.4. The summed E-state index contributed by atoms with van der Waals surface area (Å²) in [7, 11) is 1.60. The van der Waals surface area contributed by atoms with E-state index in [1.165, 1.54) is 11.1 Å². The van der Waals surface area contributed by atoms with E-state index in [9.17, 15) is 19.2 Å². The highest BCUT2D eigenvalue weighted by Gasteiger charge is 2.36. The Morgan fingerprint density at radius 3 is 2.49 bits per heavy atom. The van der Waals surface area contributed by atoms with E-state index in [2.05, 4.69) is 59.3 Å². The van der Waals surface area contributed by atoms with Crippen molar-refractivity contribution in [3.63, 3.8) is 0 Å². The number of methoxy groups -OCH3 is 1. The summed E-state index contributed by atoms with van der Waals surface area (Å²) in [6.45, 7) is 15.8. The Bertz CT molecular complexity index is 2870. The van der Waals surface area contributed by atoms with E-state index in [0.717, 1.165) is 57.2 Å². The molecule has 366 valence electrons. The highest BCUT2D eigenvalue weighted by molar-refractivity contribution is 6.31. The number of piperidine rings is 1. The quantitative estimate of drug-likeness (QED) is 0.0998. The van der Waals surface area contributed by atoms with Crippen molar-refractivity contribution in [3.05, 3.63) is 104 Å². The van der Waals surface area contributed by atoms with Gasteiger partial charge in [0.15, 0.2) is 11.6 Å². The van der Waals surface area contributed by atoms with Gasteiger partial charge in [-0.1, -0.05) is 43.2 Å². The zero-order valence-corrected chi connectivity index (χ0v) is 41.9. The summed E-state index contributed by atoms with van der Waals surface area (Å²) >= 11 is 6.28. The minimum atomic E-state index is -0.527. The Morgan fingerprint density at radius 2 is 1.76 bits per heavy atom. The number of likely N-dealkylation sites (tertiary alicyclic amines) is 1. The lowest BCUT2D eigenvalue weighted by Crippen LogP contribution is -2.60. The number of fused-ring (bicyclic) bond motifs is 3. The number of hydrogen-bond acceptors (Lipinski definition) is 13. The minimum Gasteiger partial charge on any atom is -0.496 e. The van der Waals surface area contributed by atoms with Gasteiger partial charge in [0, 0.05) is 121 Å². The van der Waals surface area contributed by atoms with Crippen LogP contribution in [-0.4, -0.2) is 111 Å². The molecule has 2 amide bonds. The molecule has 16 nitrogen and oxygen atoms in total. The van der Waals surface area contributed by atoms with Crippen LogP contribution in [0.15, 0.2) is 69.9 Å². The Labute approximate surface area is 414 Å². The highest BCUT2D eigenvalue weighted by atomic mass is 35.5. The smallest absolute Gasteiger partial charge is 0.227 e. The molecule has 2 atom stereocenters. The van der Waals surface area contributed by atoms with Crippen LogP contribution in [0.3, 0.4) is 0 Å². The van der Waals surface area contributed by atoms with Gasteiger partial charge in [0.25, 0.3) is 0 Å². The number of benzene rings is 2. The number of allylic oxidation sites excluding steroid dienone is 5. The molecule has 2 unspecified atom stereocenters. The van der Waals surface area contributed by atoms with Crippen molar-refractivity contribution in [2.45, 2.75) is 104 Å². The predicted octanol–water partition coefficient (Wildman–Crippen LogP) is 7.64. The molecule has 0 bridgehead atoms. The van der Waals surface area contributed by atoms with Crippen molar-refractivity contribution in [1.29, 1.82) is 0 Å². The van der Waals surface area contributed by atoms with Crippen LogP contribution in [0.5, 0.6) is 5.75 Å². The van der Waals surface area contributed by atoms with Gasteiger partial charge in [-0.3, -0.25) is 33.6 Å². The van der Waals surface area contributed by atoms with E-state index in [0.29, 0.717) is 105 Å². The number of halogens is 1. The summed E-state index contributed by atoms with van der Waals surface area (Å²) in [4.78, 5) is 71.5. The van der Waals surface area contributed by atoms with E-state index in [1.54, 1.807) is 13.3 Å². The molecule has 0 saturated carbocycles. The summed E-state index contributed by atoms with van der Waals surface area (Å²) in [6.07, 6.45) is 7.16. The Balaban J connectivity index is 0.745. The molecule has 3 N–H and O–H groups in total. The van der Waals surface area contributed by atoms with Crippen molar-refractivity contribution in [1.82, 2.24) is 40.3 Å². The van der Waals surface area contributed by atoms with Gasteiger partial charge in [-0.2, -0.15) is 4.98 Å². The number of carbonyl (C=O) groups is 4. The first-order valence-electron chi connectivity index (χ1n) is 24.5. The van der Waals surface area contributed by atoms with Gasteiger partial charge in [-0.25, -0.2) is 4.98 Å². The standard InChI is InChI=1S/C53H62ClN11O5/c1-8-41(66)14-11-36-22-37-23-39(24-44(70-7)46(37)32(5)49(36)68)58-50-30(3)26-56-53(60-50)64-18-15-35(16-19-64)52(69)55-17-20-63-27-40(28-63)57-45(67)25-42-51-62-61-33(6)65(51)43-21-29(2)31(4)47(43)48(59-42)34-9-12-38(54)13-10-34/h9-10,12-13,22-24,26,32,35,40,42H,8,11,14-21,25,27-28H2,1-7H3,(H,55,69)(H,57,67)(H,56,58,60). The molecule has 5 heterocycles.